The van der Waals surface area contributed by atoms with Crippen LogP contribution >= 0.6 is 0 Å². The molecule has 0 saturated carbocycles. The van der Waals surface area contributed by atoms with Gasteiger partial charge in [-0.2, -0.15) is 0 Å². The Morgan fingerprint density at radius 3 is 2.62 bits per heavy atom. The van der Waals surface area contributed by atoms with Gasteiger partial charge in [-0.1, -0.05) is 6.92 Å². The lowest BCUT2D eigenvalue weighted by molar-refractivity contribution is -0.139. The van der Waals surface area contributed by atoms with Crippen molar-refractivity contribution in [2.45, 2.75) is 38.6 Å². The molecule has 5 heteroatoms. The summed E-state index contributed by atoms with van der Waals surface area (Å²) < 4.78 is 0. The van der Waals surface area contributed by atoms with E-state index in [1.807, 2.05) is 0 Å². The Bertz CT molecular complexity index is 271. The maximum atomic E-state index is 11.2. The number of carbonyl (C=O) groups excluding carboxylic acids is 1. The van der Waals surface area contributed by atoms with Gasteiger partial charge in [-0.05, 0) is 19.3 Å². The molecule has 0 aromatic rings. The van der Waals surface area contributed by atoms with Gasteiger partial charge in [0.1, 0.15) is 6.04 Å². The highest BCUT2D eigenvalue weighted by molar-refractivity contribution is 5.82. The van der Waals surface area contributed by atoms with Crippen LogP contribution in [0.15, 0.2) is 0 Å². The summed E-state index contributed by atoms with van der Waals surface area (Å²) in [6, 6.07) is -1.28. The molecule has 0 saturated heterocycles. The molecule has 90 valence electrons. The van der Waals surface area contributed by atoms with Gasteiger partial charge in [0.05, 0.1) is 0 Å². The molecule has 0 fully saturated rings. The first kappa shape index (κ1) is 14.3. The minimum atomic E-state index is -1.02. The van der Waals surface area contributed by atoms with Crippen LogP contribution in [0.2, 0.25) is 0 Å². The highest BCUT2D eigenvalue weighted by Crippen LogP contribution is 1.92. The summed E-state index contributed by atoms with van der Waals surface area (Å²) in [5.74, 6) is 1.48. The lowest BCUT2D eigenvalue weighted by Gasteiger charge is -2.12. The number of nitrogens with one attached hydrogen (secondary N) is 2. The maximum absolute atomic E-state index is 11.2. The van der Waals surface area contributed by atoms with Crippen LogP contribution in [0.25, 0.3) is 0 Å². The highest BCUT2D eigenvalue weighted by Gasteiger charge is 2.16. The summed E-state index contributed by atoms with van der Waals surface area (Å²) in [6.07, 6.45) is 7.77. The number of amides is 2. The van der Waals surface area contributed by atoms with E-state index in [0.717, 1.165) is 12.8 Å². The third-order valence-corrected chi connectivity index (χ3v) is 2.05. The molecule has 0 unspecified atom stereocenters. The van der Waals surface area contributed by atoms with Crippen LogP contribution in [0.3, 0.4) is 0 Å². The van der Waals surface area contributed by atoms with Crippen LogP contribution in [0.5, 0.6) is 0 Å². The molecule has 0 bridgehead atoms. The van der Waals surface area contributed by atoms with E-state index in [1.54, 1.807) is 6.92 Å². The minimum absolute atomic E-state index is 0.361. The molecule has 16 heavy (non-hydrogen) atoms. The summed E-state index contributed by atoms with van der Waals surface area (Å²) in [4.78, 5) is 21.8. The van der Waals surface area contributed by atoms with Crippen LogP contribution in [-0.2, 0) is 4.79 Å². The number of carboxylic acids is 1. The van der Waals surface area contributed by atoms with E-state index in [1.165, 1.54) is 0 Å². The van der Waals surface area contributed by atoms with Gasteiger partial charge in [-0.15, -0.1) is 12.3 Å². The smallest absolute Gasteiger partial charge is 0.326 e. The number of hydrogen-bond acceptors (Lipinski definition) is 2. The highest BCUT2D eigenvalue weighted by atomic mass is 16.4. The van der Waals surface area contributed by atoms with E-state index in [9.17, 15) is 9.59 Å². The first-order valence-electron chi connectivity index (χ1n) is 5.32. The molecule has 0 radical (unpaired) electrons. The van der Waals surface area contributed by atoms with E-state index in [0.29, 0.717) is 19.4 Å². The molecule has 0 aromatic heterocycles. The van der Waals surface area contributed by atoms with Crippen molar-refractivity contribution in [2.75, 3.05) is 6.54 Å². The van der Waals surface area contributed by atoms with Crippen molar-refractivity contribution >= 4 is 12.0 Å². The Hall–Kier alpha value is -1.70. The van der Waals surface area contributed by atoms with Crippen LogP contribution in [-0.4, -0.2) is 29.7 Å². The number of rotatable bonds is 7. The first-order chi connectivity index (χ1) is 7.61. The number of aliphatic carboxylic acids is 1. The Morgan fingerprint density at radius 1 is 1.44 bits per heavy atom. The van der Waals surface area contributed by atoms with Crippen molar-refractivity contribution in [3.05, 3.63) is 0 Å². The molecule has 2 amide bonds. The van der Waals surface area contributed by atoms with Crippen LogP contribution < -0.4 is 10.6 Å². The predicted molar refractivity (Wildman–Crippen MR) is 60.9 cm³/mol. The quantitative estimate of drug-likeness (QED) is 0.447. The molecule has 1 atom stereocenters. The second-order valence-corrected chi connectivity index (χ2v) is 3.36. The van der Waals surface area contributed by atoms with Crippen molar-refractivity contribution in [1.29, 1.82) is 0 Å². The Morgan fingerprint density at radius 2 is 2.12 bits per heavy atom. The van der Waals surface area contributed by atoms with E-state index >= 15 is 0 Å². The molecule has 5 nitrogen and oxygen atoms in total. The fourth-order valence-electron chi connectivity index (χ4n) is 1.10. The third-order valence-electron chi connectivity index (χ3n) is 2.05. The monoisotopic (exact) mass is 226 g/mol. The second kappa shape index (κ2) is 8.60. The van der Waals surface area contributed by atoms with Crippen molar-refractivity contribution in [3.63, 3.8) is 0 Å². The molecule has 0 rings (SSSR count). The fraction of sp³-hybridized carbons (Fsp3) is 0.636. The van der Waals surface area contributed by atoms with Crippen molar-refractivity contribution in [2.24, 2.45) is 0 Å². The lowest BCUT2D eigenvalue weighted by Crippen LogP contribution is -2.45. The Balaban J connectivity index is 3.65. The topological polar surface area (TPSA) is 78.4 Å². The van der Waals surface area contributed by atoms with E-state index < -0.39 is 18.0 Å². The SMILES string of the molecule is C#CCCCCNC(=O)N[C@H](CC)C(=O)O. The van der Waals surface area contributed by atoms with Gasteiger partial charge in [0.15, 0.2) is 0 Å². The summed E-state index contributed by atoms with van der Waals surface area (Å²) in [5.41, 5.74) is 0. The second-order valence-electron chi connectivity index (χ2n) is 3.36. The molecule has 0 spiro atoms. The standard InChI is InChI=1S/C11H18N2O3/c1-3-5-6-7-8-12-11(16)13-9(4-2)10(14)15/h1,9H,4-8H2,2H3,(H,14,15)(H2,12,13,16)/t9-/m1/s1. The Kier molecular flexibility index (Phi) is 7.68. The summed E-state index contributed by atoms with van der Waals surface area (Å²) in [7, 11) is 0. The van der Waals surface area contributed by atoms with Gasteiger partial charge in [0.25, 0.3) is 0 Å². The van der Waals surface area contributed by atoms with Gasteiger partial charge >= 0.3 is 12.0 Å². The zero-order valence-electron chi connectivity index (χ0n) is 9.45. The van der Waals surface area contributed by atoms with E-state index in [2.05, 4.69) is 16.6 Å². The zero-order chi connectivity index (χ0) is 12.4. The summed E-state index contributed by atoms with van der Waals surface area (Å²) in [5, 5.41) is 13.6. The van der Waals surface area contributed by atoms with Gasteiger partial charge in [0.2, 0.25) is 0 Å². The summed E-state index contributed by atoms with van der Waals surface area (Å²) >= 11 is 0. The molecule has 0 aliphatic rings. The number of terminal acetylenes is 1. The lowest BCUT2D eigenvalue weighted by atomic mass is 10.2. The minimum Gasteiger partial charge on any atom is -0.480 e. The van der Waals surface area contributed by atoms with Gasteiger partial charge in [-0.3, -0.25) is 0 Å². The van der Waals surface area contributed by atoms with Crippen molar-refractivity contribution in [3.8, 4) is 12.3 Å². The average Bonchev–Trinajstić information content (AvgIpc) is 2.25. The largest absolute Gasteiger partial charge is 0.480 e. The molecule has 3 N–H and O–H groups in total. The number of carboxylic acid groups (broad SMARTS) is 1. The zero-order valence-corrected chi connectivity index (χ0v) is 9.45. The molecular formula is C11H18N2O3. The first-order valence-corrected chi connectivity index (χ1v) is 5.32. The van der Waals surface area contributed by atoms with Crippen molar-refractivity contribution < 1.29 is 14.7 Å². The van der Waals surface area contributed by atoms with Crippen LogP contribution in [0, 0.1) is 12.3 Å². The molecule has 0 aliphatic carbocycles. The molecule has 0 heterocycles. The van der Waals surface area contributed by atoms with Gasteiger partial charge in [0, 0.05) is 13.0 Å². The number of hydrogen-bond donors (Lipinski definition) is 3. The molecule has 0 aromatic carbocycles. The Labute approximate surface area is 95.6 Å². The summed E-state index contributed by atoms with van der Waals surface area (Å²) in [6.45, 7) is 2.20. The number of unbranched alkanes of at least 4 members (excludes halogenated alkanes) is 2. The number of urea groups is 1. The predicted octanol–water partition coefficient (Wildman–Crippen LogP) is 0.952. The van der Waals surface area contributed by atoms with Crippen LogP contribution in [0.4, 0.5) is 4.79 Å². The van der Waals surface area contributed by atoms with E-state index in [4.69, 9.17) is 11.5 Å². The van der Waals surface area contributed by atoms with Crippen molar-refractivity contribution in [1.82, 2.24) is 10.6 Å². The van der Waals surface area contributed by atoms with Gasteiger partial charge < -0.3 is 15.7 Å². The normalized spacial score (nSPS) is 11.2. The van der Waals surface area contributed by atoms with Gasteiger partial charge in [-0.25, -0.2) is 9.59 Å². The van der Waals surface area contributed by atoms with E-state index in [-0.39, 0.29) is 0 Å². The third kappa shape index (κ3) is 6.71. The number of carbonyl (C=O) groups is 2. The molecular weight excluding hydrogens is 208 g/mol. The maximum Gasteiger partial charge on any atom is 0.326 e. The molecule has 0 aliphatic heterocycles. The van der Waals surface area contributed by atoms with Crippen LogP contribution in [0.1, 0.15) is 32.6 Å². The fourth-order valence-corrected chi connectivity index (χ4v) is 1.10. The average molecular weight is 226 g/mol.